The monoisotopic (exact) mass is 282 g/mol. The molecular formula is C15H26N2O3. The van der Waals surface area contributed by atoms with Crippen molar-refractivity contribution >= 4 is 6.03 Å². The lowest BCUT2D eigenvalue weighted by Crippen LogP contribution is -2.45. The first-order chi connectivity index (χ1) is 9.27. The van der Waals surface area contributed by atoms with E-state index in [1.54, 1.807) is 25.3 Å². The number of carbonyl (C=O) groups excluding carboxylic acids is 1. The Bertz CT molecular complexity index is 409. The van der Waals surface area contributed by atoms with Crippen LogP contribution >= 0.6 is 0 Å². The topological polar surface area (TPSA) is 54.7 Å². The highest BCUT2D eigenvalue weighted by molar-refractivity contribution is 5.74. The molecule has 1 aromatic heterocycles. The second kappa shape index (κ2) is 6.79. The molecule has 0 radical (unpaired) electrons. The van der Waals surface area contributed by atoms with Gasteiger partial charge in [0.15, 0.2) is 0 Å². The lowest BCUT2D eigenvalue weighted by molar-refractivity contribution is 0.0184. The van der Waals surface area contributed by atoms with Gasteiger partial charge in [-0.1, -0.05) is 20.8 Å². The highest BCUT2D eigenvalue weighted by Crippen LogP contribution is 2.22. The molecule has 0 aliphatic carbocycles. The van der Waals surface area contributed by atoms with E-state index in [-0.39, 0.29) is 23.6 Å². The van der Waals surface area contributed by atoms with Crippen molar-refractivity contribution in [1.29, 1.82) is 0 Å². The minimum absolute atomic E-state index is 0.0206. The number of rotatable bonds is 5. The summed E-state index contributed by atoms with van der Waals surface area (Å²) in [5.41, 5.74) is -0.0206. The van der Waals surface area contributed by atoms with Gasteiger partial charge in [0.1, 0.15) is 5.76 Å². The quantitative estimate of drug-likeness (QED) is 0.903. The summed E-state index contributed by atoms with van der Waals surface area (Å²) in [5, 5.41) is 2.90. The van der Waals surface area contributed by atoms with Crippen LogP contribution in [0.25, 0.3) is 0 Å². The molecule has 5 heteroatoms. The van der Waals surface area contributed by atoms with E-state index in [1.807, 2.05) is 19.1 Å². The van der Waals surface area contributed by atoms with E-state index >= 15 is 0 Å². The molecule has 0 saturated carbocycles. The second-order valence-electron chi connectivity index (χ2n) is 6.08. The van der Waals surface area contributed by atoms with Gasteiger partial charge in [0.25, 0.3) is 0 Å². The zero-order valence-corrected chi connectivity index (χ0v) is 13.3. The van der Waals surface area contributed by atoms with Gasteiger partial charge in [0, 0.05) is 20.7 Å². The Hall–Kier alpha value is -1.49. The summed E-state index contributed by atoms with van der Waals surface area (Å²) in [5.74, 6) is 0.766. The molecule has 0 bridgehead atoms. The molecule has 0 aliphatic rings. The summed E-state index contributed by atoms with van der Waals surface area (Å²) in [6, 6.07) is 3.43. The number of urea groups is 1. The Kier molecular flexibility index (Phi) is 5.62. The smallest absolute Gasteiger partial charge is 0.317 e. The summed E-state index contributed by atoms with van der Waals surface area (Å²) in [7, 11) is 3.42. The van der Waals surface area contributed by atoms with E-state index in [4.69, 9.17) is 9.15 Å². The van der Waals surface area contributed by atoms with Crippen molar-refractivity contribution in [3.05, 3.63) is 24.2 Å². The van der Waals surface area contributed by atoms with Crippen molar-refractivity contribution in [2.45, 2.75) is 39.8 Å². The molecular weight excluding hydrogens is 256 g/mol. The van der Waals surface area contributed by atoms with Crippen LogP contribution in [0.15, 0.2) is 22.8 Å². The number of hydrogen-bond acceptors (Lipinski definition) is 3. The van der Waals surface area contributed by atoms with Crippen LogP contribution in [0.5, 0.6) is 0 Å². The molecule has 1 aromatic rings. The van der Waals surface area contributed by atoms with Crippen LogP contribution in [0.3, 0.4) is 0 Å². The van der Waals surface area contributed by atoms with Crippen molar-refractivity contribution in [3.63, 3.8) is 0 Å². The van der Waals surface area contributed by atoms with Gasteiger partial charge in [-0.05, 0) is 24.5 Å². The van der Waals surface area contributed by atoms with Crippen LogP contribution in [-0.2, 0) is 4.74 Å². The molecule has 0 unspecified atom stereocenters. The maximum Gasteiger partial charge on any atom is 0.317 e. The Morgan fingerprint density at radius 3 is 2.60 bits per heavy atom. The molecule has 2 amide bonds. The fourth-order valence-corrected chi connectivity index (χ4v) is 1.94. The van der Waals surface area contributed by atoms with Crippen molar-refractivity contribution < 1.29 is 13.9 Å². The molecule has 1 heterocycles. The van der Waals surface area contributed by atoms with Crippen LogP contribution in [0.4, 0.5) is 4.79 Å². The van der Waals surface area contributed by atoms with Crippen molar-refractivity contribution in [2.75, 3.05) is 20.7 Å². The van der Waals surface area contributed by atoms with E-state index in [9.17, 15) is 4.79 Å². The molecule has 0 saturated heterocycles. The molecule has 0 spiro atoms. The molecule has 2 atom stereocenters. The zero-order chi connectivity index (χ0) is 15.3. The largest absolute Gasteiger partial charge is 0.467 e. The highest BCUT2D eigenvalue weighted by Gasteiger charge is 2.26. The van der Waals surface area contributed by atoms with E-state index in [1.165, 1.54) is 0 Å². The molecule has 0 fully saturated rings. The minimum atomic E-state index is -0.139. The maximum absolute atomic E-state index is 12.1. The molecule has 5 nitrogen and oxygen atoms in total. The Balaban J connectivity index is 2.54. The summed E-state index contributed by atoms with van der Waals surface area (Å²) in [4.78, 5) is 13.8. The lowest BCUT2D eigenvalue weighted by Gasteiger charge is -2.31. The van der Waals surface area contributed by atoms with Crippen molar-refractivity contribution in [2.24, 2.45) is 5.41 Å². The average Bonchev–Trinajstić information content (AvgIpc) is 2.89. The van der Waals surface area contributed by atoms with Crippen LogP contribution in [0.2, 0.25) is 0 Å². The summed E-state index contributed by atoms with van der Waals surface area (Å²) < 4.78 is 10.7. The molecule has 0 aromatic carbocycles. The number of methoxy groups -OCH3 is 1. The zero-order valence-electron chi connectivity index (χ0n) is 13.3. The number of nitrogens with one attached hydrogen (secondary N) is 1. The number of hydrogen-bond donors (Lipinski definition) is 1. The minimum Gasteiger partial charge on any atom is -0.467 e. The molecule has 1 N–H and O–H groups in total. The number of ether oxygens (including phenoxy) is 1. The summed E-state index contributed by atoms with van der Waals surface area (Å²) in [6.45, 7) is 8.66. The van der Waals surface area contributed by atoms with E-state index in [0.29, 0.717) is 6.54 Å². The van der Waals surface area contributed by atoms with Gasteiger partial charge in [-0.25, -0.2) is 4.79 Å². The number of nitrogens with zero attached hydrogens (tertiary/aromatic N) is 1. The molecule has 1 rings (SSSR count). The molecule has 0 aliphatic heterocycles. The third kappa shape index (κ3) is 4.27. The highest BCUT2D eigenvalue weighted by atomic mass is 16.5. The first kappa shape index (κ1) is 16.6. The number of furan rings is 1. The fourth-order valence-electron chi connectivity index (χ4n) is 1.94. The Morgan fingerprint density at radius 1 is 1.50 bits per heavy atom. The van der Waals surface area contributed by atoms with Gasteiger partial charge >= 0.3 is 6.03 Å². The van der Waals surface area contributed by atoms with Gasteiger partial charge in [-0.2, -0.15) is 0 Å². The van der Waals surface area contributed by atoms with Gasteiger partial charge in [-0.15, -0.1) is 0 Å². The van der Waals surface area contributed by atoms with Crippen molar-refractivity contribution in [1.82, 2.24) is 10.2 Å². The Morgan fingerprint density at radius 2 is 2.15 bits per heavy atom. The third-order valence-corrected chi connectivity index (χ3v) is 3.55. The molecule has 114 valence electrons. The second-order valence-corrected chi connectivity index (χ2v) is 6.08. The average molecular weight is 282 g/mol. The van der Waals surface area contributed by atoms with Crippen molar-refractivity contribution in [3.8, 4) is 0 Å². The van der Waals surface area contributed by atoms with E-state index < -0.39 is 0 Å². The summed E-state index contributed by atoms with van der Waals surface area (Å²) in [6.07, 6.45) is 1.58. The first-order valence-electron chi connectivity index (χ1n) is 6.84. The van der Waals surface area contributed by atoms with Crippen LogP contribution in [-0.4, -0.2) is 37.7 Å². The maximum atomic E-state index is 12.1. The van der Waals surface area contributed by atoms with Crippen LogP contribution in [0, 0.1) is 5.41 Å². The number of amides is 2. The fraction of sp³-hybridized carbons (Fsp3) is 0.667. The first-order valence-corrected chi connectivity index (χ1v) is 6.84. The number of carbonyl (C=O) groups is 1. The Labute approximate surface area is 121 Å². The van der Waals surface area contributed by atoms with Crippen LogP contribution in [0.1, 0.15) is 39.5 Å². The van der Waals surface area contributed by atoms with E-state index in [0.717, 1.165) is 5.76 Å². The lowest BCUT2D eigenvalue weighted by atomic mass is 9.89. The molecule has 20 heavy (non-hydrogen) atoms. The van der Waals surface area contributed by atoms with Gasteiger partial charge in [-0.3, -0.25) is 0 Å². The van der Waals surface area contributed by atoms with Gasteiger partial charge in [0.05, 0.1) is 18.4 Å². The third-order valence-electron chi connectivity index (χ3n) is 3.55. The van der Waals surface area contributed by atoms with E-state index in [2.05, 4.69) is 26.1 Å². The SMILES string of the molecule is CO[C@@H](CNC(=O)N(C)[C@@H](C)c1ccco1)C(C)(C)C. The van der Waals surface area contributed by atoms with Gasteiger partial charge < -0.3 is 19.4 Å². The summed E-state index contributed by atoms with van der Waals surface area (Å²) >= 11 is 0. The normalized spacial score (nSPS) is 14.7. The standard InChI is InChI=1S/C15H26N2O3/c1-11(12-8-7-9-20-12)17(5)14(18)16-10-13(19-6)15(2,3)4/h7-9,11,13H,10H2,1-6H3,(H,16,18)/t11-,13-/m0/s1. The predicted molar refractivity (Wildman–Crippen MR) is 78.5 cm³/mol. The van der Waals surface area contributed by atoms with Gasteiger partial charge in [0.2, 0.25) is 0 Å². The predicted octanol–water partition coefficient (Wildman–Crippen LogP) is 3.04. The van der Waals surface area contributed by atoms with Crippen LogP contribution < -0.4 is 5.32 Å².